The summed E-state index contributed by atoms with van der Waals surface area (Å²) in [6.07, 6.45) is 0. The predicted molar refractivity (Wildman–Crippen MR) is 62.8 cm³/mol. The molecule has 2 aromatic carbocycles. The first-order valence-corrected chi connectivity index (χ1v) is 4.84. The summed E-state index contributed by atoms with van der Waals surface area (Å²) in [5.41, 5.74) is 0. The van der Waals surface area contributed by atoms with Crippen LogP contribution in [0.1, 0.15) is 6.92 Å². The zero-order chi connectivity index (χ0) is 9.97. The lowest BCUT2D eigenvalue weighted by atomic mass is 10.1. The van der Waals surface area contributed by atoms with Crippen molar-refractivity contribution in [3.05, 3.63) is 42.5 Å². The number of ether oxygens (including phenoxy) is 1. The molecule has 2 aromatic rings. The minimum Gasteiger partial charge on any atom is -0.451 e. The molecule has 0 N–H and O–H groups in total. The Balaban J connectivity index is 2.46. The van der Waals surface area contributed by atoms with Gasteiger partial charge in [0.1, 0.15) is 5.75 Å². The summed E-state index contributed by atoms with van der Waals surface area (Å²) in [6.45, 7) is 1.77. The van der Waals surface area contributed by atoms with E-state index in [1.54, 1.807) is 6.92 Å². The Morgan fingerprint density at radius 1 is 1.07 bits per heavy atom. The van der Waals surface area contributed by atoms with Crippen molar-refractivity contribution in [2.45, 2.75) is 6.92 Å². The van der Waals surface area contributed by atoms with Gasteiger partial charge < -0.3 is 4.74 Å². The lowest BCUT2D eigenvalue weighted by Crippen LogP contribution is -1.98. The van der Waals surface area contributed by atoms with Crippen LogP contribution in [-0.2, 0) is 0 Å². The second-order valence-electron chi connectivity index (χ2n) is 3.10. The maximum absolute atomic E-state index is 5.35. The van der Waals surface area contributed by atoms with Gasteiger partial charge in [0.05, 0.1) is 0 Å². The minimum absolute atomic E-state index is 0.542. The molecule has 2 rings (SSSR count). The van der Waals surface area contributed by atoms with Crippen molar-refractivity contribution in [3.63, 3.8) is 0 Å². The third-order valence-corrected chi connectivity index (χ3v) is 2.07. The van der Waals surface area contributed by atoms with Gasteiger partial charge in [0.15, 0.2) is 5.05 Å². The molecular weight excluding hydrogens is 192 g/mol. The third kappa shape index (κ3) is 1.91. The summed E-state index contributed by atoms with van der Waals surface area (Å²) >= 11 is 4.88. The van der Waals surface area contributed by atoms with Crippen LogP contribution < -0.4 is 4.74 Å². The van der Waals surface area contributed by atoms with Crippen molar-refractivity contribution in [3.8, 4) is 5.75 Å². The molecule has 0 aliphatic carbocycles. The van der Waals surface area contributed by atoms with Crippen molar-refractivity contribution >= 4 is 28.0 Å². The highest BCUT2D eigenvalue weighted by Crippen LogP contribution is 2.20. The van der Waals surface area contributed by atoms with Crippen molar-refractivity contribution in [1.82, 2.24) is 0 Å². The lowest BCUT2D eigenvalue weighted by molar-refractivity contribution is 0.562. The normalized spacial score (nSPS) is 10.1. The summed E-state index contributed by atoms with van der Waals surface area (Å²) in [5, 5.41) is 2.92. The van der Waals surface area contributed by atoms with E-state index in [-0.39, 0.29) is 0 Å². The third-order valence-electron chi connectivity index (χ3n) is 1.98. The molecule has 0 amide bonds. The molecule has 0 radical (unpaired) electrons. The van der Waals surface area contributed by atoms with Crippen LogP contribution in [0.3, 0.4) is 0 Å². The number of benzene rings is 2. The maximum Gasteiger partial charge on any atom is 0.164 e. The molecule has 2 heteroatoms. The molecule has 0 saturated carbocycles. The quantitative estimate of drug-likeness (QED) is 0.654. The molecule has 0 saturated heterocycles. The highest BCUT2D eigenvalue weighted by molar-refractivity contribution is 7.80. The molecule has 0 heterocycles. The topological polar surface area (TPSA) is 9.23 Å². The van der Waals surface area contributed by atoms with Crippen molar-refractivity contribution in [2.75, 3.05) is 0 Å². The van der Waals surface area contributed by atoms with Crippen LogP contribution in [0.15, 0.2) is 42.5 Å². The first-order chi connectivity index (χ1) is 6.75. The average Bonchev–Trinajstić information content (AvgIpc) is 2.17. The fourth-order valence-corrected chi connectivity index (χ4v) is 1.49. The van der Waals surface area contributed by atoms with Crippen LogP contribution in [0.4, 0.5) is 0 Å². The van der Waals surface area contributed by atoms with Gasteiger partial charge in [0, 0.05) is 6.92 Å². The SMILES string of the molecule is CC(=S)Oc1ccc2ccccc2c1. The number of fused-ring (bicyclic) bond motifs is 1. The summed E-state index contributed by atoms with van der Waals surface area (Å²) in [4.78, 5) is 0. The molecule has 0 atom stereocenters. The number of hydrogen-bond donors (Lipinski definition) is 0. The Morgan fingerprint density at radius 2 is 1.79 bits per heavy atom. The number of thiocarbonyl (C=S) groups is 1. The van der Waals surface area contributed by atoms with Gasteiger partial charge >= 0.3 is 0 Å². The minimum atomic E-state index is 0.542. The Morgan fingerprint density at radius 3 is 2.50 bits per heavy atom. The van der Waals surface area contributed by atoms with E-state index >= 15 is 0 Å². The molecule has 0 aromatic heterocycles. The van der Waals surface area contributed by atoms with E-state index < -0.39 is 0 Å². The van der Waals surface area contributed by atoms with E-state index in [9.17, 15) is 0 Å². The van der Waals surface area contributed by atoms with Crippen LogP contribution in [0.25, 0.3) is 10.8 Å². The van der Waals surface area contributed by atoms with Gasteiger partial charge in [-0.1, -0.05) is 30.3 Å². The van der Waals surface area contributed by atoms with Crippen molar-refractivity contribution in [1.29, 1.82) is 0 Å². The summed E-state index contributed by atoms with van der Waals surface area (Å²) < 4.78 is 5.35. The first kappa shape index (κ1) is 9.16. The standard InChI is InChI=1S/C12H10OS/c1-9(14)13-12-7-6-10-4-2-3-5-11(10)8-12/h2-8H,1H3. The van der Waals surface area contributed by atoms with Gasteiger partial charge in [-0.05, 0) is 35.1 Å². The largest absolute Gasteiger partial charge is 0.451 e. The fourth-order valence-electron chi connectivity index (χ4n) is 1.40. The molecule has 0 unspecified atom stereocenters. The molecular formula is C12H10OS. The summed E-state index contributed by atoms with van der Waals surface area (Å²) in [5.74, 6) is 0.802. The van der Waals surface area contributed by atoms with Crippen LogP contribution in [-0.4, -0.2) is 5.05 Å². The molecule has 0 spiro atoms. The smallest absolute Gasteiger partial charge is 0.164 e. The zero-order valence-corrected chi connectivity index (χ0v) is 8.67. The zero-order valence-electron chi connectivity index (χ0n) is 7.86. The second kappa shape index (κ2) is 3.76. The monoisotopic (exact) mass is 202 g/mol. The molecule has 0 aliphatic heterocycles. The van der Waals surface area contributed by atoms with E-state index in [0.29, 0.717) is 5.05 Å². The predicted octanol–water partition coefficient (Wildman–Crippen LogP) is 3.57. The Kier molecular flexibility index (Phi) is 2.46. The molecule has 0 bridgehead atoms. The molecule has 1 nitrogen and oxygen atoms in total. The average molecular weight is 202 g/mol. The van der Waals surface area contributed by atoms with Gasteiger partial charge in [-0.15, -0.1) is 0 Å². The Labute approximate surface area is 88.3 Å². The Hall–Kier alpha value is -1.41. The van der Waals surface area contributed by atoms with Gasteiger partial charge in [-0.2, -0.15) is 0 Å². The van der Waals surface area contributed by atoms with Gasteiger partial charge in [0.2, 0.25) is 0 Å². The van der Waals surface area contributed by atoms with Crippen molar-refractivity contribution in [2.24, 2.45) is 0 Å². The fraction of sp³-hybridized carbons (Fsp3) is 0.0833. The number of rotatable bonds is 1. The first-order valence-electron chi connectivity index (χ1n) is 4.43. The van der Waals surface area contributed by atoms with Crippen molar-refractivity contribution < 1.29 is 4.74 Å². The van der Waals surface area contributed by atoms with E-state index in [4.69, 9.17) is 17.0 Å². The van der Waals surface area contributed by atoms with E-state index in [0.717, 1.165) is 5.75 Å². The summed E-state index contributed by atoms with van der Waals surface area (Å²) in [7, 11) is 0. The van der Waals surface area contributed by atoms with Crippen LogP contribution in [0.5, 0.6) is 5.75 Å². The lowest BCUT2D eigenvalue weighted by Gasteiger charge is -2.04. The van der Waals surface area contributed by atoms with E-state index in [2.05, 4.69) is 12.1 Å². The molecule has 70 valence electrons. The van der Waals surface area contributed by atoms with Gasteiger partial charge in [-0.25, -0.2) is 0 Å². The van der Waals surface area contributed by atoms with Gasteiger partial charge in [-0.3, -0.25) is 0 Å². The highest BCUT2D eigenvalue weighted by atomic mass is 32.1. The number of hydrogen-bond acceptors (Lipinski definition) is 2. The Bertz CT molecular complexity index is 476. The summed E-state index contributed by atoms with van der Waals surface area (Å²) in [6, 6.07) is 14.1. The molecule has 14 heavy (non-hydrogen) atoms. The van der Waals surface area contributed by atoms with E-state index in [1.807, 2.05) is 30.3 Å². The second-order valence-corrected chi connectivity index (χ2v) is 3.68. The molecule has 0 aliphatic rings. The van der Waals surface area contributed by atoms with Crippen LogP contribution in [0, 0.1) is 0 Å². The van der Waals surface area contributed by atoms with Gasteiger partial charge in [0.25, 0.3) is 0 Å². The van der Waals surface area contributed by atoms with Crippen LogP contribution in [0.2, 0.25) is 0 Å². The highest BCUT2D eigenvalue weighted by Gasteiger charge is 1.97. The maximum atomic E-state index is 5.35. The van der Waals surface area contributed by atoms with E-state index in [1.165, 1.54) is 10.8 Å². The molecule has 0 fully saturated rings. The van der Waals surface area contributed by atoms with Crippen LogP contribution >= 0.6 is 12.2 Å².